The molecule has 0 atom stereocenters. The summed E-state index contributed by atoms with van der Waals surface area (Å²) in [6, 6.07) is 5.69. The first-order valence-electron chi connectivity index (χ1n) is 5.20. The molecule has 0 aromatic carbocycles. The van der Waals surface area contributed by atoms with E-state index in [9.17, 15) is 0 Å². The minimum atomic E-state index is 0.629. The third-order valence-corrected chi connectivity index (χ3v) is 2.09. The number of pyridine rings is 1. The molecule has 2 heterocycles. The van der Waals surface area contributed by atoms with E-state index in [1.54, 1.807) is 24.9 Å². The molecular weight excluding hydrogens is 204 g/mol. The fourth-order valence-electron chi connectivity index (χ4n) is 1.30. The normalized spacial score (nSPS) is 10.2. The van der Waals surface area contributed by atoms with Crippen LogP contribution in [-0.2, 0) is 6.54 Å². The van der Waals surface area contributed by atoms with Crippen LogP contribution < -0.4 is 10.1 Å². The van der Waals surface area contributed by atoms with Crippen molar-refractivity contribution in [3.8, 4) is 5.75 Å². The molecule has 0 aliphatic rings. The molecule has 2 aromatic heterocycles. The Morgan fingerprint density at radius 3 is 3.12 bits per heavy atom. The number of hydrogen-bond donors (Lipinski definition) is 1. The standard InChI is InChI=1S/C12H14N2O2/c1-2-12(9-13-4-1)16-7-5-14-8-11-3-6-15-10-11/h1-4,6,9-10,14H,5,7-8H2. The summed E-state index contributed by atoms with van der Waals surface area (Å²) in [5.41, 5.74) is 1.14. The Kier molecular flexibility index (Phi) is 3.96. The van der Waals surface area contributed by atoms with Crippen LogP contribution in [0.4, 0.5) is 0 Å². The van der Waals surface area contributed by atoms with Crippen LogP contribution in [0.3, 0.4) is 0 Å². The molecule has 0 saturated heterocycles. The minimum absolute atomic E-state index is 0.629. The van der Waals surface area contributed by atoms with Gasteiger partial charge in [0.15, 0.2) is 0 Å². The predicted octanol–water partition coefficient (Wildman–Crippen LogP) is 1.84. The molecule has 0 spiro atoms. The van der Waals surface area contributed by atoms with Crippen molar-refractivity contribution in [2.75, 3.05) is 13.2 Å². The molecule has 0 unspecified atom stereocenters. The minimum Gasteiger partial charge on any atom is -0.491 e. The van der Waals surface area contributed by atoms with E-state index in [4.69, 9.17) is 9.15 Å². The van der Waals surface area contributed by atoms with Gasteiger partial charge in [0.05, 0.1) is 18.7 Å². The quantitative estimate of drug-likeness (QED) is 0.751. The second-order valence-electron chi connectivity index (χ2n) is 3.35. The second kappa shape index (κ2) is 5.92. The van der Waals surface area contributed by atoms with E-state index in [0.717, 1.165) is 24.4 Å². The fraction of sp³-hybridized carbons (Fsp3) is 0.250. The molecule has 0 amide bonds. The highest BCUT2D eigenvalue weighted by molar-refractivity contribution is 5.15. The number of aromatic nitrogens is 1. The van der Waals surface area contributed by atoms with E-state index in [0.29, 0.717) is 6.61 Å². The topological polar surface area (TPSA) is 47.3 Å². The van der Waals surface area contributed by atoms with Gasteiger partial charge in [-0.25, -0.2) is 0 Å². The van der Waals surface area contributed by atoms with Crippen molar-refractivity contribution in [2.45, 2.75) is 6.54 Å². The van der Waals surface area contributed by atoms with Gasteiger partial charge in [0.1, 0.15) is 12.4 Å². The molecule has 0 fully saturated rings. The van der Waals surface area contributed by atoms with E-state index >= 15 is 0 Å². The highest BCUT2D eigenvalue weighted by Gasteiger charge is 1.94. The van der Waals surface area contributed by atoms with Gasteiger partial charge in [-0.3, -0.25) is 4.98 Å². The molecule has 4 heteroatoms. The molecule has 2 aromatic rings. The number of nitrogens with zero attached hydrogens (tertiary/aromatic N) is 1. The van der Waals surface area contributed by atoms with Crippen LogP contribution in [0.15, 0.2) is 47.5 Å². The van der Waals surface area contributed by atoms with Gasteiger partial charge in [0.25, 0.3) is 0 Å². The summed E-state index contributed by atoms with van der Waals surface area (Å²) in [7, 11) is 0. The summed E-state index contributed by atoms with van der Waals surface area (Å²) >= 11 is 0. The van der Waals surface area contributed by atoms with E-state index in [1.165, 1.54) is 0 Å². The SMILES string of the molecule is c1cncc(OCCNCc2ccoc2)c1. The average molecular weight is 218 g/mol. The van der Waals surface area contributed by atoms with Crippen LogP contribution in [0.1, 0.15) is 5.56 Å². The smallest absolute Gasteiger partial charge is 0.137 e. The van der Waals surface area contributed by atoms with Crippen molar-refractivity contribution in [1.82, 2.24) is 10.3 Å². The number of hydrogen-bond acceptors (Lipinski definition) is 4. The van der Waals surface area contributed by atoms with Gasteiger partial charge in [-0.1, -0.05) is 0 Å². The summed E-state index contributed by atoms with van der Waals surface area (Å²) in [5.74, 6) is 0.799. The van der Waals surface area contributed by atoms with Crippen molar-refractivity contribution in [3.63, 3.8) is 0 Å². The lowest BCUT2D eigenvalue weighted by molar-refractivity contribution is 0.312. The first kappa shape index (κ1) is 10.7. The summed E-state index contributed by atoms with van der Waals surface area (Å²) in [6.45, 7) is 2.22. The van der Waals surface area contributed by atoms with Gasteiger partial charge < -0.3 is 14.5 Å². The first-order chi connectivity index (χ1) is 7.95. The molecule has 1 N–H and O–H groups in total. The molecule has 4 nitrogen and oxygen atoms in total. The highest BCUT2D eigenvalue weighted by Crippen LogP contribution is 2.05. The second-order valence-corrected chi connectivity index (χ2v) is 3.35. The predicted molar refractivity (Wildman–Crippen MR) is 60.1 cm³/mol. The summed E-state index contributed by atoms with van der Waals surface area (Å²) in [6.07, 6.45) is 6.83. The van der Waals surface area contributed by atoms with Gasteiger partial charge in [-0.05, 0) is 18.2 Å². The van der Waals surface area contributed by atoms with Crippen LogP contribution in [0.5, 0.6) is 5.75 Å². The Morgan fingerprint density at radius 1 is 1.38 bits per heavy atom. The van der Waals surface area contributed by atoms with E-state index in [1.807, 2.05) is 18.2 Å². The van der Waals surface area contributed by atoms with Gasteiger partial charge in [0, 0.05) is 24.8 Å². The van der Waals surface area contributed by atoms with Crippen molar-refractivity contribution in [2.24, 2.45) is 0 Å². The summed E-state index contributed by atoms with van der Waals surface area (Å²) < 4.78 is 10.4. The molecule has 0 aliphatic carbocycles. The maximum absolute atomic E-state index is 5.48. The molecule has 16 heavy (non-hydrogen) atoms. The molecule has 84 valence electrons. The zero-order valence-electron chi connectivity index (χ0n) is 8.93. The highest BCUT2D eigenvalue weighted by atomic mass is 16.5. The Hall–Kier alpha value is -1.81. The first-order valence-corrected chi connectivity index (χ1v) is 5.20. The Bertz CT molecular complexity index is 387. The maximum atomic E-state index is 5.48. The number of nitrogens with one attached hydrogen (secondary N) is 1. The number of rotatable bonds is 6. The molecule has 0 aliphatic heterocycles. The van der Waals surface area contributed by atoms with Gasteiger partial charge >= 0.3 is 0 Å². The molecule has 2 rings (SSSR count). The average Bonchev–Trinajstić information content (AvgIpc) is 2.83. The summed E-state index contributed by atoms with van der Waals surface area (Å²) in [4.78, 5) is 3.97. The van der Waals surface area contributed by atoms with Crippen molar-refractivity contribution in [1.29, 1.82) is 0 Å². The summed E-state index contributed by atoms with van der Waals surface area (Å²) in [5, 5.41) is 3.25. The lowest BCUT2D eigenvalue weighted by Crippen LogP contribution is -2.20. The van der Waals surface area contributed by atoms with Crippen molar-refractivity contribution in [3.05, 3.63) is 48.7 Å². The van der Waals surface area contributed by atoms with Crippen LogP contribution >= 0.6 is 0 Å². The van der Waals surface area contributed by atoms with Crippen LogP contribution in [-0.4, -0.2) is 18.1 Å². The van der Waals surface area contributed by atoms with Crippen LogP contribution in [0.2, 0.25) is 0 Å². The Morgan fingerprint density at radius 2 is 2.38 bits per heavy atom. The Balaban J connectivity index is 1.59. The maximum Gasteiger partial charge on any atom is 0.137 e. The van der Waals surface area contributed by atoms with Crippen molar-refractivity contribution >= 4 is 0 Å². The van der Waals surface area contributed by atoms with Crippen molar-refractivity contribution < 1.29 is 9.15 Å². The van der Waals surface area contributed by atoms with Gasteiger partial charge in [-0.2, -0.15) is 0 Å². The number of furan rings is 1. The fourth-order valence-corrected chi connectivity index (χ4v) is 1.30. The lowest BCUT2D eigenvalue weighted by Gasteiger charge is -2.05. The third kappa shape index (κ3) is 3.40. The molecule has 0 radical (unpaired) electrons. The largest absolute Gasteiger partial charge is 0.491 e. The van der Waals surface area contributed by atoms with E-state index in [-0.39, 0.29) is 0 Å². The lowest BCUT2D eigenvalue weighted by atomic mass is 10.3. The van der Waals surface area contributed by atoms with E-state index < -0.39 is 0 Å². The molecule has 0 bridgehead atoms. The number of ether oxygens (including phenoxy) is 1. The van der Waals surface area contributed by atoms with Gasteiger partial charge in [0.2, 0.25) is 0 Å². The zero-order chi connectivity index (χ0) is 11.1. The Labute approximate surface area is 94.3 Å². The third-order valence-electron chi connectivity index (χ3n) is 2.09. The molecule has 0 saturated carbocycles. The monoisotopic (exact) mass is 218 g/mol. The van der Waals surface area contributed by atoms with E-state index in [2.05, 4.69) is 10.3 Å². The van der Waals surface area contributed by atoms with Gasteiger partial charge in [-0.15, -0.1) is 0 Å². The van der Waals surface area contributed by atoms with Crippen LogP contribution in [0.25, 0.3) is 0 Å². The molecular formula is C12H14N2O2. The zero-order valence-corrected chi connectivity index (χ0v) is 8.93. The van der Waals surface area contributed by atoms with Crippen LogP contribution in [0, 0.1) is 0 Å².